The molecule has 0 aliphatic heterocycles. The monoisotopic (exact) mass is 918 g/mol. The fourth-order valence-electron chi connectivity index (χ4n) is 1.61. The minimum absolute atomic E-state index is 0.913. The second-order valence-electron chi connectivity index (χ2n) is 6.69. The molecule has 30 heteroatoms. The fraction of sp³-hybridized carbons (Fsp3) is 1.00. The molecule has 0 radical (unpaired) electrons. The van der Waals surface area contributed by atoms with Gasteiger partial charge >= 0.3 is 68.6 Å². The SMILES string of the molecule is FC(F)(F)C(F)(OC(F)(F)C(F)(F)OC(F)(C(F)(F)F)C(F)(F)OC(F)(F)C(F)(F)I)C(F)(F)OC(F)(F)C(F)(F)I. The van der Waals surface area contributed by atoms with Gasteiger partial charge in [-0.1, -0.05) is 0 Å². The summed E-state index contributed by atoms with van der Waals surface area (Å²) in [4.78, 5) is 0. The number of alkyl halides is 26. The van der Waals surface area contributed by atoms with Gasteiger partial charge < -0.3 is 0 Å². The highest BCUT2D eigenvalue weighted by Crippen LogP contribution is 2.58. The maximum absolute atomic E-state index is 13.9. The van der Waals surface area contributed by atoms with Crippen molar-refractivity contribution >= 4 is 45.2 Å². The maximum Gasteiger partial charge on any atom is 0.458 e. The lowest BCUT2D eigenvalue weighted by molar-refractivity contribution is -0.587. The van der Waals surface area contributed by atoms with Crippen molar-refractivity contribution in [3.63, 3.8) is 0 Å². The van der Waals surface area contributed by atoms with Crippen LogP contribution in [0, 0.1) is 0 Å². The summed E-state index contributed by atoms with van der Waals surface area (Å²) < 4.78 is 308. The molecule has 0 fully saturated rings. The van der Waals surface area contributed by atoms with E-state index in [9.17, 15) is 105 Å². The standard InChI is InChI=1S/C12F24I2O4/c13-1(3(15,16)17,7(25,26)41-9(29,30)5(21,22)37)39-11(33,34)12(35,36)40-2(14,4(18,19)20)8(27,28)42-10(31,32)6(23,24)38. The Bertz CT molecular complexity index is 875. The van der Waals surface area contributed by atoms with Crippen LogP contribution in [0.1, 0.15) is 0 Å². The first-order chi connectivity index (χ1) is 17.6. The summed E-state index contributed by atoms with van der Waals surface area (Å²) in [5.41, 5.74) is 0. The van der Waals surface area contributed by atoms with E-state index < -0.39 is 114 Å². The van der Waals surface area contributed by atoms with Gasteiger partial charge in [0.1, 0.15) is 0 Å². The number of ether oxygens (including phenoxy) is 4. The Morgan fingerprint density at radius 2 is 0.452 bits per heavy atom. The Balaban J connectivity index is 6.96. The largest absolute Gasteiger partial charge is 0.458 e. The van der Waals surface area contributed by atoms with Crippen molar-refractivity contribution in [2.24, 2.45) is 0 Å². The van der Waals surface area contributed by atoms with Crippen LogP contribution in [0.4, 0.5) is 105 Å². The lowest BCUT2D eigenvalue weighted by Gasteiger charge is -2.41. The summed E-state index contributed by atoms with van der Waals surface area (Å²) in [6.45, 7) is 0. The molecule has 0 aliphatic rings. The first kappa shape index (κ1) is 41.6. The molecule has 2 unspecified atom stereocenters. The van der Waals surface area contributed by atoms with Crippen LogP contribution in [0.15, 0.2) is 0 Å². The zero-order chi connectivity index (χ0) is 34.8. The summed E-state index contributed by atoms with van der Waals surface area (Å²) in [6.07, 6.45) is -63.7. The topological polar surface area (TPSA) is 36.9 Å². The van der Waals surface area contributed by atoms with Crippen LogP contribution in [0.5, 0.6) is 0 Å². The van der Waals surface area contributed by atoms with Crippen LogP contribution >= 0.6 is 45.2 Å². The van der Waals surface area contributed by atoms with Gasteiger partial charge in [0.2, 0.25) is 0 Å². The second kappa shape index (κ2) is 11.2. The quantitative estimate of drug-likeness (QED) is 0.105. The van der Waals surface area contributed by atoms with Crippen LogP contribution in [0.3, 0.4) is 0 Å². The molecule has 0 rings (SSSR count). The first-order valence-electron chi connectivity index (χ1n) is 8.30. The van der Waals surface area contributed by atoms with Gasteiger partial charge in [-0.25, -0.2) is 9.47 Å². The predicted octanol–water partition coefficient (Wildman–Crippen LogP) is 9.12. The van der Waals surface area contributed by atoms with Gasteiger partial charge in [-0.2, -0.15) is 105 Å². The summed E-state index contributed by atoms with van der Waals surface area (Å²) in [5, 5.41) is 0. The maximum atomic E-state index is 13.9. The smallest absolute Gasteiger partial charge is 0.260 e. The second-order valence-corrected chi connectivity index (χ2v) is 9.40. The van der Waals surface area contributed by atoms with E-state index >= 15 is 0 Å². The summed E-state index contributed by atoms with van der Waals surface area (Å²) in [5.74, 6) is -16.7. The van der Waals surface area contributed by atoms with Gasteiger partial charge in [0.25, 0.3) is 0 Å². The molecule has 0 N–H and O–H groups in total. The van der Waals surface area contributed by atoms with Crippen LogP contribution in [-0.4, -0.2) is 68.6 Å². The van der Waals surface area contributed by atoms with Gasteiger partial charge in [0, 0.05) is 45.2 Å². The number of hydrogen-bond donors (Lipinski definition) is 0. The molecule has 0 aromatic heterocycles. The highest BCUT2D eigenvalue weighted by atomic mass is 127. The van der Waals surface area contributed by atoms with Crippen molar-refractivity contribution in [3.8, 4) is 0 Å². The Hall–Kier alpha value is -0.380. The molecule has 4 nitrogen and oxygen atoms in total. The van der Waals surface area contributed by atoms with Crippen LogP contribution in [0.25, 0.3) is 0 Å². The van der Waals surface area contributed by atoms with Crippen molar-refractivity contribution in [2.45, 2.75) is 68.6 Å². The van der Waals surface area contributed by atoms with Crippen molar-refractivity contribution in [3.05, 3.63) is 0 Å². The van der Waals surface area contributed by atoms with Crippen molar-refractivity contribution in [2.75, 3.05) is 0 Å². The van der Waals surface area contributed by atoms with E-state index in [-0.39, 0.29) is 0 Å². The van der Waals surface area contributed by atoms with Crippen molar-refractivity contribution < 1.29 is 124 Å². The molecular formula is C12F24I2O4. The third-order valence-electron chi connectivity index (χ3n) is 3.53. The molecule has 0 aromatic carbocycles. The number of rotatable bonds is 13. The van der Waals surface area contributed by atoms with Gasteiger partial charge in [-0.15, -0.1) is 0 Å². The van der Waals surface area contributed by atoms with Crippen LogP contribution < -0.4 is 0 Å². The summed E-state index contributed by atoms with van der Waals surface area (Å²) in [6, 6.07) is 0. The first-order valence-corrected chi connectivity index (χ1v) is 10.5. The van der Waals surface area contributed by atoms with E-state index in [1.165, 1.54) is 9.47 Å². The Morgan fingerprint density at radius 1 is 0.262 bits per heavy atom. The van der Waals surface area contributed by atoms with Gasteiger partial charge in [-0.3, -0.25) is 9.47 Å². The lowest BCUT2D eigenvalue weighted by Crippen LogP contribution is -2.68. The number of halogens is 26. The van der Waals surface area contributed by atoms with Gasteiger partial charge in [-0.05, 0) is 0 Å². The van der Waals surface area contributed by atoms with Crippen molar-refractivity contribution in [1.82, 2.24) is 0 Å². The third kappa shape index (κ3) is 7.88. The fourth-order valence-corrected chi connectivity index (χ4v) is 1.83. The minimum Gasteiger partial charge on any atom is -0.260 e. The molecule has 0 bridgehead atoms. The molecule has 0 heterocycles. The van der Waals surface area contributed by atoms with Gasteiger partial charge in [0.05, 0.1) is 0 Å². The van der Waals surface area contributed by atoms with Crippen LogP contribution in [-0.2, 0) is 18.9 Å². The van der Waals surface area contributed by atoms with E-state index in [2.05, 4.69) is 0 Å². The normalized spacial score (nSPS) is 19.0. The number of hydrogen-bond acceptors (Lipinski definition) is 4. The zero-order valence-corrected chi connectivity index (χ0v) is 21.8. The predicted molar refractivity (Wildman–Crippen MR) is 91.7 cm³/mol. The van der Waals surface area contributed by atoms with E-state index in [0.717, 1.165) is 9.47 Å². The molecular weight excluding hydrogens is 918 g/mol. The molecule has 0 spiro atoms. The summed E-state index contributed by atoms with van der Waals surface area (Å²) >= 11 is -1.83. The molecule has 2 atom stereocenters. The van der Waals surface area contributed by atoms with Crippen LogP contribution in [0.2, 0.25) is 0 Å². The molecule has 42 heavy (non-hydrogen) atoms. The summed E-state index contributed by atoms with van der Waals surface area (Å²) in [7, 11) is 0. The molecule has 0 aliphatic carbocycles. The Kier molecular flexibility index (Phi) is 11.0. The van der Waals surface area contributed by atoms with E-state index in [4.69, 9.17) is 0 Å². The van der Waals surface area contributed by atoms with E-state index in [1.54, 1.807) is 0 Å². The molecule has 0 aromatic rings. The third-order valence-corrected chi connectivity index (χ3v) is 4.78. The Morgan fingerprint density at radius 3 is 0.595 bits per heavy atom. The highest BCUT2D eigenvalue weighted by molar-refractivity contribution is 14.1. The lowest BCUT2D eigenvalue weighted by atomic mass is 10.2. The van der Waals surface area contributed by atoms with Gasteiger partial charge in [0.15, 0.2) is 0 Å². The Labute approximate surface area is 238 Å². The van der Waals surface area contributed by atoms with E-state index in [1.807, 2.05) is 0 Å². The average Bonchev–Trinajstić information content (AvgIpc) is 2.61. The zero-order valence-electron chi connectivity index (χ0n) is 17.5. The van der Waals surface area contributed by atoms with Crippen molar-refractivity contribution in [1.29, 1.82) is 0 Å². The molecule has 0 saturated heterocycles. The highest BCUT2D eigenvalue weighted by Gasteiger charge is 2.86. The molecule has 0 saturated carbocycles. The molecule has 0 amide bonds. The molecule has 254 valence electrons. The average molecular weight is 918 g/mol. The van der Waals surface area contributed by atoms with E-state index in [0.29, 0.717) is 0 Å². The minimum atomic E-state index is -8.46.